The number of isothiocyanates is 1. The molecule has 17 heavy (non-hydrogen) atoms. The van der Waals surface area contributed by atoms with Gasteiger partial charge in [0.1, 0.15) is 5.75 Å². The van der Waals surface area contributed by atoms with Crippen LogP contribution < -0.4 is 4.74 Å². The summed E-state index contributed by atoms with van der Waals surface area (Å²) in [6.07, 6.45) is 0. The van der Waals surface area contributed by atoms with Crippen molar-refractivity contribution in [3.8, 4) is 5.75 Å². The van der Waals surface area contributed by atoms with Crippen molar-refractivity contribution >= 4 is 34.1 Å². The molecule has 1 amide bonds. The maximum absolute atomic E-state index is 11.1. The number of hydrogen-bond donors (Lipinski definition) is 0. The highest BCUT2D eigenvalue weighted by atomic mass is 32.1. The average molecular weight is 243 g/mol. The number of thiocarbonyl (C=S) groups is 1. The Hall–Kier alpha value is -2.03. The summed E-state index contributed by atoms with van der Waals surface area (Å²) in [7, 11) is 0. The van der Waals surface area contributed by atoms with E-state index >= 15 is 0 Å². The molecule has 4 heteroatoms. The molecule has 2 aromatic rings. The Labute approximate surface area is 104 Å². The first-order valence-electron chi connectivity index (χ1n) is 5.02. The fraction of sp³-hybridized carbons (Fsp3) is 0.0769. The van der Waals surface area contributed by atoms with Gasteiger partial charge in [-0.1, -0.05) is 30.3 Å². The van der Waals surface area contributed by atoms with Gasteiger partial charge in [0.05, 0.1) is 5.16 Å². The zero-order chi connectivity index (χ0) is 12.1. The summed E-state index contributed by atoms with van der Waals surface area (Å²) < 4.78 is 5.30. The second-order valence-electron chi connectivity index (χ2n) is 3.39. The molecular formula is C13H9NO2S. The quantitative estimate of drug-likeness (QED) is 0.614. The number of benzene rings is 2. The molecule has 0 N–H and O–H groups in total. The molecule has 0 bridgehead atoms. The summed E-state index contributed by atoms with van der Waals surface area (Å²) in [5.74, 6) is 0.199. The van der Waals surface area contributed by atoms with E-state index in [4.69, 9.17) is 4.74 Å². The number of nitrogens with zero attached hydrogens (tertiary/aromatic N) is 1. The molecule has 0 aliphatic rings. The van der Waals surface area contributed by atoms with Gasteiger partial charge in [0, 0.05) is 0 Å². The molecule has 0 saturated carbocycles. The van der Waals surface area contributed by atoms with Gasteiger partial charge in [0.25, 0.3) is 5.91 Å². The molecular weight excluding hydrogens is 234 g/mol. The first-order valence-corrected chi connectivity index (χ1v) is 5.43. The molecule has 0 fully saturated rings. The topological polar surface area (TPSA) is 38.7 Å². The minimum absolute atomic E-state index is 0.123. The molecule has 0 saturated heterocycles. The lowest BCUT2D eigenvalue weighted by Crippen LogP contribution is -2.07. The van der Waals surface area contributed by atoms with Gasteiger partial charge in [-0.05, 0) is 35.1 Å². The number of aliphatic imine (C=N–C) groups is 1. The van der Waals surface area contributed by atoms with Crippen LogP contribution in [-0.4, -0.2) is 17.7 Å². The minimum atomic E-state index is -0.437. The first-order chi connectivity index (χ1) is 8.29. The van der Waals surface area contributed by atoms with Crippen molar-refractivity contribution in [2.75, 3.05) is 6.61 Å². The predicted molar refractivity (Wildman–Crippen MR) is 69.5 cm³/mol. The number of fused-ring (bicyclic) bond motifs is 1. The van der Waals surface area contributed by atoms with Crippen molar-refractivity contribution in [3.05, 3.63) is 42.5 Å². The van der Waals surface area contributed by atoms with Gasteiger partial charge in [-0.25, -0.2) is 0 Å². The van der Waals surface area contributed by atoms with E-state index in [-0.39, 0.29) is 6.61 Å². The molecule has 0 heterocycles. The lowest BCUT2D eigenvalue weighted by atomic mass is 10.1. The van der Waals surface area contributed by atoms with Crippen LogP contribution in [0.25, 0.3) is 10.8 Å². The van der Waals surface area contributed by atoms with Gasteiger partial charge < -0.3 is 4.74 Å². The Morgan fingerprint density at radius 2 is 2.00 bits per heavy atom. The third-order valence-electron chi connectivity index (χ3n) is 2.25. The van der Waals surface area contributed by atoms with Crippen molar-refractivity contribution in [1.82, 2.24) is 0 Å². The van der Waals surface area contributed by atoms with E-state index in [1.54, 1.807) is 0 Å². The van der Waals surface area contributed by atoms with Crippen molar-refractivity contribution in [3.63, 3.8) is 0 Å². The summed E-state index contributed by atoms with van der Waals surface area (Å²) in [6, 6.07) is 13.6. The molecule has 0 aliphatic heterocycles. The minimum Gasteiger partial charge on any atom is -0.484 e. The smallest absolute Gasteiger partial charge is 0.292 e. The second kappa shape index (κ2) is 5.34. The maximum Gasteiger partial charge on any atom is 0.292 e. The monoisotopic (exact) mass is 243 g/mol. The van der Waals surface area contributed by atoms with Crippen molar-refractivity contribution in [1.29, 1.82) is 0 Å². The second-order valence-corrected chi connectivity index (χ2v) is 3.58. The molecule has 0 radical (unpaired) electrons. The van der Waals surface area contributed by atoms with Crippen molar-refractivity contribution in [2.45, 2.75) is 0 Å². The van der Waals surface area contributed by atoms with Gasteiger partial charge in [-0.3, -0.25) is 4.79 Å². The van der Waals surface area contributed by atoms with Gasteiger partial charge >= 0.3 is 0 Å². The summed E-state index contributed by atoms with van der Waals surface area (Å²) in [4.78, 5) is 14.4. The Balaban J connectivity index is 2.14. The number of ether oxygens (including phenoxy) is 1. The van der Waals surface area contributed by atoms with Crippen LogP contribution in [0.5, 0.6) is 5.75 Å². The Morgan fingerprint density at radius 1 is 1.24 bits per heavy atom. The molecule has 0 aliphatic carbocycles. The van der Waals surface area contributed by atoms with E-state index in [1.165, 1.54) is 0 Å². The van der Waals surface area contributed by atoms with E-state index < -0.39 is 5.91 Å². The van der Waals surface area contributed by atoms with Crippen LogP contribution in [0, 0.1) is 0 Å². The summed E-state index contributed by atoms with van der Waals surface area (Å²) >= 11 is 4.33. The fourth-order valence-corrected chi connectivity index (χ4v) is 1.59. The van der Waals surface area contributed by atoms with E-state index in [9.17, 15) is 4.79 Å². The fourth-order valence-electron chi connectivity index (χ4n) is 1.49. The molecule has 0 aromatic heterocycles. The van der Waals surface area contributed by atoms with Crippen LogP contribution in [0.15, 0.2) is 47.5 Å². The molecule has 0 atom stereocenters. The highest BCUT2D eigenvalue weighted by molar-refractivity contribution is 7.78. The Bertz CT molecular complexity index is 603. The van der Waals surface area contributed by atoms with E-state index in [0.717, 1.165) is 10.8 Å². The van der Waals surface area contributed by atoms with Gasteiger partial charge in [0.2, 0.25) is 0 Å². The number of carbonyl (C=O) groups is 1. The third kappa shape index (κ3) is 2.97. The van der Waals surface area contributed by atoms with Crippen LogP contribution in [0.3, 0.4) is 0 Å². The van der Waals surface area contributed by atoms with E-state index in [1.807, 2.05) is 47.6 Å². The van der Waals surface area contributed by atoms with Crippen LogP contribution in [0.1, 0.15) is 0 Å². The number of rotatable bonds is 3. The highest BCUT2D eigenvalue weighted by Gasteiger charge is 2.01. The number of amides is 1. The van der Waals surface area contributed by atoms with Crippen LogP contribution in [0.2, 0.25) is 0 Å². The highest BCUT2D eigenvalue weighted by Crippen LogP contribution is 2.20. The molecule has 0 spiro atoms. The Morgan fingerprint density at radius 3 is 2.76 bits per heavy atom. The normalized spacial score (nSPS) is 9.65. The van der Waals surface area contributed by atoms with Gasteiger partial charge in [-0.15, -0.1) is 0 Å². The van der Waals surface area contributed by atoms with E-state index in [2.05, 4.69) is 17.2 Å². The van der Waals surface area contributed by atoms with Gasteiger partial charge in [-0.2, -0.15) is 4.99 Å². The average Bonchev–Trinajstić information content (AvgIpc) is 2.36. The summed E-state index contributed by atoms with van der Waals surface area (Å²) in [5, 5.41) is 4.21. The zero-order valence-electron chi connectivity index (χ0n) is 8.92. The third-order valence-corrected chi connectivity index (χ3v) is 2.34. The van der Waals surface area contributed by atoms with Crippen LogP contribution in [-0.2, 0) is 4.79 Å². The zero-order valence-corrected chi connectivity index (χ0v) is 9.74. The summed E-state index contributed by atoms with van der Waals surface area (Å²) in [6.45, 7) is -0.123. The molecule has 3 nitrogen and oxygen atoms in total. The SMILES string of the molecule is O=C(COc1ccc2ccccc2c1)N=C=S. The molecule has 2 aromatic carbocycles. The molecule has 84 valence electrons. The van der Waals surface area contributed by atoms with Crippen LogP contribution >= 0.6 is 12.2 Å². The van der Waals surface area contributed by atoms with E-state index in [0.29, 0.717) is 5.75 Å². The molecule has 0 unspecified atom stereocenters. The first kappa shape index (κ1) is 11.5. The van der Waals surface area contributed by atoms with Crippen molar-refractivity contribution < 1.29 is 9.53 Å². The Kier molecular flexibility index (Phi) is 3.60. The van der Waals surface area contributed by atoms with Crippen LogP contribution in [0.4, 0.5) is 0 Å². The maximum atomic E-state index is 11.1. The largest absolute Gasteiger partial charge is 0.484 e. The number of carbonyl (C=O) groups excluding carboxylic acids is 1. The molecule has 2 rings (SSSR count). The van der Waals surface area contributed by atoms with Crippen molar-refractivity contribution in [2.24, 2.45) is 4.99 Å². The van der Waals surface area contributed by atoms with Gasteiger partial charge in [0.15, 0.2) is 6.61 Å². The summed E-state index contributed by atoms with van der Waals surface area (Å²) in [5.41, 5.74) is 0. The lowest BCUT2D eigenvalue weighted by molar-refractivity contribution is -0.119. The standard InChI is InChI=1S/C13H9NO2S/c15-13(14-9-17)8-16-12-6-5-10-3-1-2-4-11(10)7-12/h1-7H,8H2. The lowest BCUT2D eigenvalue weighted by Gasteiger charge is -2.04. The predicted octanol–water partition coefficient (Wildman–Crippen LogP) is 2.85. The number of hydrogen-bond acceptors (Lipinski definition) is 3.